The van der Waals surface area contributed by atoms with Gasteiger partial charge in [-0.05, 0) is 0 Å². The van der Waals surface area contributed by atoms with Gasteiger partial charge in [-0.1, -0.05) is 0 Å². The molecular formula is C10H8N6O. The van der Waals surface area contributed by atoms with E-state index in [1.54, 1.807) is 35.4 Å². The van der Waals surface area contributed by atoms with Crippen molar-refractivity contribution in [3.8, 4) is 0 Å². The lowest BCUT2D eigenvalue weighted by molar-refractivity contribution is 0.102. The molecule has 3 aromatic rings. The third kappa shape index (κ3) is 1.73. The normalized spacial score (nSPS) is 10.6. The number of aromatic nitrogens is 5. The van der Waals surface area contributed by atoms with Crippen LogP contribution in [0, 0.1) is 0 Å². The lowest BCUT2D eigenvalue weighted by atomic mass is 10.4. The lowest BCUT2D eigenvalue weighted by Crippen LogP contribution is -2.11. The van der Waals surface area contributed by atoms with Crippen molar-refractivity contribution in [3.05, 3.63) is 42.9 Å². The Kier molecular flexibility index (Phi) is 2.08. The predicted molar refractivity (Wildman–Crippen MR) is 59.5 cm³/mol. The van der Waals surface area contributed by atoms with Crippen molar-refractivity contribution in [2.24, 2.45) is 0 Å². The van der Waals surface area contributed by atoms with Crippen molar-refractivity contribution in [2.45, 2.75) is 0 Å². The Bertz CT molecular complexity index is 623. The Morgan fingerprint density at radius 3 is 3.12 bits per heavy atom. The van der Waals surface area contributed by atoms with Crippen molar-refractivity contribution in [3.63, 3.8) is 0 Å². The number of hydrogen-bond acceptors (Lipinski definition) is 4. The van der Waals surface area contributed by atoms with Crippen LogP contribution in [-0.4, -0.2) is 30.5 Å². The van der Waals surface area contributed by atoms with E-state index in [-0.39, 0.29) is 5.91 Å². The van der Waals surface area contributed by atoms with E-state index in [2.05, 4.69) is 25.5 Å². The number of H-pyrrole nitrogens is 1. The molecule has 3 rings (SSSR count). The summed E-state index contributed by atoms with van der Waals surface area (Å²) in [5, 5.41) is 9.02. The Labute approximate surface area is 95.5 Å². The van der Waals surface area contributed by atoms with Gasteiger partial charge in [-0.2, -0.15) is 5.10 Å². The van der Waals surface area contributed by atoms with Crippen LogP contribution in [0.3, 0.4) is 0 Å². The maximum Gasteiger partial charge on any atom is 0.275 e. The summed E-state index contributed by atoms with van der Waals surface area (Å²) >= 11 is 0. The molecule has 7 nitrogen and oxygen atoms in total. The topological polar surface area (TPSA) is 88.0 Å². The molecule has 3 heterocycles. The molecule has 0 aliphatic carbocycles. The number of anilines is 1. The Balaban J connectivity index is 1.90. The number of nitrogens with zero attached hydrogens (tertiary/aromatic N) is 4. The van der Waals surface area contributed by atoms with Crippen LogP contribution in [0.15, 0.2) is 37.2 Å². The number of fused-ring (bicyclic) bond motifs is 1. The highest BCUT2D eigenvalue weighted by molar-refractivity contribution is 6.03. The van der Waals surface area contributed by atoms with Crippen molar-refractivity contribution in [2.75, 3.05) is 5.32 Å². The van der Waals surface area contributed by atoms with E-state index in [9.17, 15) is 4.79 Å². The first-order chi connectivity index (χ1) is 8.33. The maximum atomic E-state index is 11.8. The number of nitrogens with one attached hydrogen (secondary N) is 2. The van der Waals surface area contributed by atoms with Gasteiger partial charge in [0.25, 0.3) is 5.91 Å². The fourth-order valence-electron chi connectivity index (χ4n) is 1.47. The molecule has 17 heavy (non-hydrogen) atoms. The van der Waals surface area contributed by atoms with E-state index >= 15 is 0 Å². The Morgan fingerprint density at radius 1 is 1.41 bits per heavy atom. The first-order valence-electron chi connectivity index (χ1n) is 4.92. The molecule has 2 N–H and O–H groups in total. The molecule has 0 aromatic carbocycles. The number of carbonyl (C=O) groups excluding carboxylic acids is 1. The van der Waals surface area contributed by atoms with E-state index < -0.39 is 0 Å². The lowest BCUT2D eigenvalue weighted by Gasteiger charge is -1.96. The third-order valence-electron chi connectivity index (χ3n) is 2.25. The van der Waals surface area contributed by atoms with Crippen LogP contribution in [0.1, 0.15) is 10.5 Å². The molecule has 0 spiro atoms. The van der Waals surface area contributed by atoms with E-state index in [1.165, 1.54) is 6.20 Å². The first-order valence-corrected chi connectivity index (χ1v) is 4.92. The Hall–Kier alpha value is -2.70. The number of amides is 1. The molecule has 0 fully saturated rings. The number of carbonyl (C=O) groups is 1. The monoisotopic (exact) mass is 228 g/mol. The van der Waals surface area contributed by atoms with Crippen molar-refractivity contribution in [1.29, 1.82) is 0 Å². The van der Waals surface area contributed by atoms with Crippen LogP contribution < -0.4 is 5.32 Å². The summed E-state index contributed by atoms with van der Waals surface area (Å²) in [5.41, 5.74) is 1.56. The first kappa shape index (κ1) is 9.52. The average molecular weight is 228 g/mol. The molecule has 1 amide bonds. The van der Waals surface area contributed by atoms with Gasteiger partial charge in [0.2, 0.25) is 0 Å². The minimum absolute atomic E-state index is 0.282. The number of imidazole rings is 1. The summed E-state index contributed by atoms with van der Waals surface area (Å²) < 4.78 is 1.73. The second-order valence-corrected chi connectivity index (χ2v) is 3.41. The van der Waals surface area contributed by atoms with Gasteiger partial charge in [-0.15, -0.1) is 0 Å². The van der Waals surface area contributed by atoms with Gasteiger partial charge in [0.1, 0.15) is 5.69 Å². The molecule has 0 bridgehead atoms. The number of hydrogen-bond donors (Lipinski definition) is 2. The van der Waals surface area contributed by atoms with E-state index in [4.69, 9.17) is 0 Å². The van der Waals surface area contributed by atoms with E-state index in [0.29, 0.717) is 17.0 Å². The zero-order valence-electron chi connectivity index (χ0n) is 8.66. The van der Waals surface area contributed by atoms with Crippen molar-refractivity contribution >= 4 is 17.2 Å². The van der Waals surface area contributed by atoms with Crippen LogP contribution in [0.4, 0.5) is 5.69 Å². The van der Waals surface area contributed by atoms with Crippen LogP contribution in [-0.2, 0) is 0 Å². The van der Waals surface area contributed by atoms with E-state index in [0.717, 1.165) is 0 Å². The van der Waals surface area contributed by atoms with Crippen molar-refractivity contribution in [1.82, 2.24) is 24.6 Å². The summed E-state index contributed by atoms with van der Waals surface area (Å²) in [7, 11) is 0. The van der Waals surface area contributed by atoms with Gasteiger partial charge in [-0.25, -0.2) is 4.98 Å². The Morgan fingerprint density at radius 2 is 2.35 bits per heavy atom. The molecule has 0 aliphatic heterocycles. The highest BCUT2D eigenvalue weighted by atomic mass is 16.1. The van der Waals surface area contributed by atoms with Crippen molar-refractivity contribution < 1.29 is 4.79 Å². The summed E-state index contributed by atoms with van der Waals surface area (Å²) in [4.78, 5) is 19.9. The van der Waals surface area contributed by atoms with Gasteiger partial charge >= 0.3 is 0 Å². The largest absolute Gasteiger partial charge is 0.318 e. The van der Waals surface area contributed by atoms with Gasteiger partial charge < -0.3 is 9.72 Å². The standard InChI is InChI=1S/C10H8N6O/c17-10(14-7-3-12-13-4-7)8-6-16-2-1-11-5-9(16)15-8/h1-6H,(H,12,13)(H,14,17). The molecule has 84 valence electrons. The molecule has 0 atom stereocenters. The van der Waals surface area contributed by atoms with Gasteiger partial charge in [0.15, 0.2) is 5.65 Å². The second kappa shape index (κ2) is 3.71. The SMILES string of the molecule is O=C(Nc1cn[nH]c1)c1cn2ccncc2n1. The van der Waals surface area contributed by atoms with Gasteiger partial charge in [0.05, 0.1) is 18.1 Å². The molecular weight excluding hydrogens is 220 g/mol. The zero-order chi connectivity index (χ0) is 11.7. The highest BCUT2D eigenvalue weighted by Gasteiger charge is 2.11. The highest BCUT2D eigenvalue weighted by Crippen LogP contribution is 2.07. The zero-order valence-corrected chi connectivity index (χ0v) is 8.66. The van der Waals surface area contributed by atoms with E-state index in [1.807, 2.05) is 0 Å². The molecule has 0 unspecified atom stereocenters. The smallest absolute Gasteiger partial charge is 0.275 e. The minimum Gasteiger partial charge on any atom is -0.318 e. The fourth-order valence-corrected chi connectivity index (χ4v) is 1.47. The summed E-state index contributed by atoms with van der Waals surface area (Å²) in [6, 6.07) is 0. The quantitative estimate of drug-likeness (QED) is 0.676. The number of aromatic amines is 1. The van der Waals surface area contributed by atoms with Gasteiger partial charge in [0, 0.05) is 24.8 Å². The molecule has 0 radical (unpaired) electrons. The van der Waals surface area contributed by atoms with Crippen LogP contribution in [0.5, 0.6) is 0 Å². The second-order valence-electron chi connectivity index (χ2n) is 3.41. The van der Waals surface area contributed by atoms with Crippen LogP contribution in [0.25, 0.3) is 5.65 Å². The molecule has 7 heteroatoms. The van der Waals surface area contributed by atoms with Crippen LogP contribution >= 0.6 is 0 Å². The average Bonchev–Trinajstić information content (AvgIpc) is 2.96. The molecule has 3 aromatic heterocycles. The van der Waals surface area contributed by atoms with Crippen LogP contribution in [0.2, 0.25) is 0 Å². The predicted octanol–water partition coefficient (Wildman–Crippen LogP) is 0.705. The van der Waals surface area contributed by atoms with Gasteiger partial charge in [-0.3, -0.25) is 14.9 Å². The summed E-state index contributed by atoms with van der Waals surface area (Å²) in [6.07, 6.45) is 9.72. The minimum atomic E-state index is -0.282. The molecule has 0 saturated carbocycles. The maximum absolute atomic E-state index is 11.8. The number of rotatable bonds is 2. The summed E-state index contributed by atoms with van der Waals surface area (Å²) in [6.45, 7) is 0. The fraction of sp³-hybridized carbons (Fsp3) is 0. The summed E-state index contributed by atoms with van der Waals surface area (Å²) in [5.74, 6) is -0.282. The third-order valence-corrected chi connectivity index (χ3v) is 2.25. The molecule has 0 saturated heterocycles. The molecule has 0 aliphatic rings.